The van der Waals surface area contributed by atoms with E-state index in [9.17, 15) is 4.79 Å². The predicted octanol–water partition coefficient (Wildman–Crippen LogP) is 2.94. The van der Waals surface area contributed by atoms with Gasteiger partial charge in [-0.3, -0.25) is 10.2 Å². The number of anilines is 1. The largest absolute Gasteiger partial charge is 0.380 e. The summed E-state index contributed by atoms with van der Waals surface area (Å²) < 4.78 is 7.33. The lowest BCUT2D eigenvalue weighted by molar-refractivity contribution is 0.0985. The summed E-state index contributed by atoms with van der Waals surface area (Å²) in [6.45, 7) is 3.99. The highest BCUT2D eigenvalue weighted by Gasteiger charge is 2.36. The summed E-state index contributed by atoms with van der Waals surface area (Å²) >= 11 is 0. The molecular weight excluding hydrogens is 354 g/mol. The molecule has 1 unspecified atom stereocenters. The fourth-order valence-electron chi connectivity index (χ4n) is 4.48. The molecule has 150 valence electrons. The Morgan fingerprint density at radius 3 is 2.79 bits per heavy atom. The highest BCUT2D eigenvalue weighted by atomic mass is 16.5. The number of urea groups is 1. The molecule has 2 fully saturated rings. The lowest BCUT2D eigenvalue weighted by Crippen LogP contribution is -2.49. The van der Waals surface area contributed by atoms with Gasteiger partial charge in [-0.15, -0.1) is 5.10 Å². The van der Waals surface area contributed by atoms with E-state index in [2.05, 4.69) is 20.6 Å². The second-order valence-electron chi connectivity index (χ2n) is 7.76. The number of carbonyl (C=O) groups is 1. The molecule has 28 heavy (non-hydrogen) atoms. The van der Waals surface area contributed by atoms with Gasteiger partial charge in [0.2, 0.25) is 0 Å². The molecule has 7 nitrogen and oxygen atoms in total. The fraction of sp³-hybridized carbons (Fsp3) is 0.524. The van der Waals surface area contributed by atoms with E-state index < -0.39 is 0 Å². The van der Waals surface area contributed by atoms with E-state index in [-0.39, 0.29) is 12.1 Å². The number of ether oxygens (including phenoxy) is 1. The van der Waals surface area contributed by atoms with Gasteiger partial charge in [-0.1, -0.05) is 18.2 Å². The molecule has 3 atom stereocenters. The summed E-state index contributed by atoms with van der Waals surface area (Å²) in [6, 6.07) is 12.2. The van der Waals surface area contributed by atoms with Crippen LogP contribution in [0.5, 0.6) is 0 Å². The van der Waals surface area contributed by atoms with Crippen LogP contribution in [0.3, 0.4) is 0 Å². The lowest BCUT2D eigenvalue weighted by Gasteiger charge is -2.29. The molecule has 1 aromatic carbocycles. The Kier molecular flexibility index (Phi) is 5.64. The molecule has 0 spiro atoms. The second-order valence-corrected chi connectivity index (χ2v) is 7.76. The average Bonchev–Trinajstić information content (AvgIpc) is 3.42. The van der Waals surface area contributed by atoms with Crippen molar-refractivity contribution >= 4 is 11.8 Å². The van der Waals surface area contributed by atoms with Gasteiger partial charge in [0, 0.05) is 44.0 Å². The van der Waals surface area contributed by atoms with Crippen molar-refractivity contribution < 1.29 is 9.53 Å². The molecule has 1 aromatic heterocycles. The number of nitrogens with zero attached hydrogens (tertiary/aromatic N) is 3. The number of likely N-dealkylation sites (tertiary alicyclic amines) is 1. The van der Waals surface area contributed by atoms with E-state index in [0.29, 0.717) is 18.0 Å². The Balaban J connectivity index is 1.37. The maximum atomic E-state index is 12.6. The van der Waals surface area contributed by atoms with E-state index in [4.69, 9.17) is 4.74 Å². The highest BCUT2D eigenvalue weighted by Crippen LogP contribution is 2.28. The number of aryl methyl sites for hydroxylation is 1. The second kappa shape index (κ2) is 8.32. The minimum atomic E-state index is -0.183. The third-order valence-electron chi connectivity index (χ3n) is 5.90. The maximum absolute atomic E-state index is 12.6. The van der Waals surface area contributed by atoms with Crippen molar-refractivity contribution in [3.05, 3.63) is 42.1 Å². The normalized spacial score (nSPS) is 25.1. The number of carbonyl (C=O) groups excluding carboxylic acids is 1. The molecule has 4 rings (SSSR count). The van der Waals surface area contributed by atoms with E-state index >= 15 is 0 Å². The van der Waals surface area contributed by atoms with Crippen LogP contribution in [0.4, 0.5) is 10.6 Å². The molecule has 1 saturated heterocycles. The predicted molar refractivity (Wildman–Crippen MR) is 109 cm³/mol. The zero-order chi connectivity index (χ0) is 19.5. The fourth-order valence-corrected chi connectivity index (χ4v) is 4.48. The third-order valence-corrected chi connectivity index (χ3v) is 5.90. The van der Waals surface area contributed by atoms with Crippen LogP contribution in [0.25, 0.3) is 5.69 Å². The molecular formula is C21H29N5O2. The summed E-state index contributed by atoms with van der Waals surface area (Å²) in [5, 5.41) is 10.6. The minimum Gasteiger partial charge on any atom is -0.380 e. The van der Waals surface area contributed by atoms with Gasteiger partial charge in [0.05, 0.1) is 11.8 Å². The first-order chi connectivity index (χ1) is 13.6. The molecule has 2 N–H and O–H groups in total. The number of benzene rings is 1. The number of para-hydroxylation sites is 1. The molecule has 1 aliphatic carbocycles. The number of aromatic nitrogens is 2. The molecule has 0 bridgehead atoms. The van der Waals surface area contributed by atoms with Gasteiger partial charge in [0.25, 0.3) is 0 Å². The number of amides is 2. The van der Waals surface area contributed by atoms with Gasteiger partial charge in [-0.2, -0.15) is 0 Å². The van der Waals surface area contributed by atoms with Gasteiger partial charge < -0.3 is 10.1 Å². The molecule has 2 aromatic rings. The monoisotopic (exact) mass is 383 g/mol. The van der Waals surface area contributed by atoms with Crippen molar-refractivity contribution in [1.29, 1.82) is 0 Å². The SMILES string of the molecule is COC1CCN([C@@H]2CCC[C@@H]2NC(=O)Nc2cc(C)n(-c3ccccc3)n2)C1. The topological polar surface area (TPSA) is 71.4 Å². The number of nitrogens with one attached hydrogen (secondary N) is 2. The van der Waals surface area contributed by atoms with Gasteiger partial charge >= 0.3 is 6.03 Å². The Morgan fingerprint density at radius 2 is 2.04 bits per heavy atom. The van der Waals surface area contributed by atoms with Crippen molar-refractivity contribution in [1.82, 2.24) is 20.0 Å². The summed E-state index contributed by atoms with van der Waals surface area (Å²) in [4.78, 5) is 15.1. The Morgan fingerprint density at radius 1 is 1.21 bits per heavy atom. The lowest BCUT2D eigenvalue weighted by atomic mass is 10.1. The van der Waals surface area contributed by atoms with Crippen molar-refractivity contribution in [2.45, 2.75) is 50.8 Å². The van der Waals surface area contributed by atoms with E-state index in [0.717, 1.165) is 50.2 Å². The summed E-state index contributed by atoms with van der Waals surface area (Å²) in [5.41, 5.74) is 1.95. The highest BCUT2D eigenvalue weighted by molar-refractivity contribution is 5.88. The van der Waals surface area contributed by atoms with E-state index in [1.807, 2.05) is 48.0 Å². The summed E-state index contributed by atoms with van der Waals surface area (Å²) in [5.74, 6) is 0.564. The molecule has 2 heterocycles. The van der Waals surface area contributed by atoms with Crippen LogP contribution in [-0.2, 0) is 4.74 Å². The van der Waals surface area contributed by atoms with Crippen LogP contribution in [-0.4, -0.2) is 59.1 Å². The average molecular weight is 383 g/mol. The van der Waals surface area contributed by atoms with Crippen molar-refractivity contribution in [3.63, 3.8) is 0 Å². The van der Waals surface area contributed by atoms with E-state index in [1.54, 1.807) is 7.11 Å². The van der Waals surface area contributed by atoms with Crippen LogP contribution in [0.2, 0.25) is 0 Å². The van der Waals surface area contributed by atoms with Crippen LogP contribution < -0.4 is 10.6 Å². The Labute approximate surface area is 166 Å². The number of hydrogen-bond donors (Lipinski definition) is 2. The van der Waals surface area contributed by atoms with Gasteiger partial charge in [-0.05, 0) is 44.7 Å². The van der Waals surface area contributed by atoms with Gasteiger partial charge in [0.15, 0.2) is 5.82 Å². The van der Waals surface area contributed by atoms with Gasteiger partial charge in [-0.25, -0.2) is 9.48 Å². The number of methoxy groups -OCH3 is 1. The summed E-state index contributed by atoms with van der Waals surface area (Å²) in [6.07, 6.45) is 4.68. The Bertz CT molecular complexity index is 806. The molecule has 0 radical (unpaired) electrons. The smallest absolute Gasteiger partial charge is 0.320 e. The third kappa shape index (κ3) is 4.05. The van der Waals surface area contributed by atoms with Crippen molar-refractivity contribution in [3.8, 4) is 5.69 Å². The Hall–Kier alpha value is -2.38. The number of hydrogen-bond acceptors (Lipinski definition) is 4. The van der Waals surface area contributed by atoms with E-state index in [1.165, 1.54) is 0 Å². The van der Waals surface area contributed by atoms with Crippen molar-refractivity contribution in [2.75, 3.05) is 25.5 Å². The van der Waals surface area contributed by atoms with Crippen LogP contribution in [0, 0.1) is 6.92 Å². The van der Waals surface area contributed by atoms with Crippen molar-refractivity contribution in [2.24, 2.45) is 0 Å². The van der Waals surface area contributed by atoms with Crippen LogP contribution >= 0.6 is 0 Å². The minimum absolute atomic E-state index is 0.174. The zero-order valence-corrected chi connectivity index (χ0v) is 16.6. The molecule has 2 amide bonds. The standard InChI is InChI=1S/C21H29N5O2/c1-15-13-20(24-26(15)16-7-4-3-5-8-16)23-21(27)22-18-9-6-10-19(18)25-12-11-17(14-25)28-2/h3-5,7-8,13,17-19H,6,9-12,14H2,1-2H3,(H2,22,23,24,27)/t17?,18-,19+/m0/s1. The maximum Gasteiger partial charge on any atom is 0.320 e. The van der Waals surface area contributed by atoms with Gasteiger partial charge in [0.1, 0.15) is 0 Å². The first kappa shape index (κ1) is 19.0. The zero-order valence-electron chi connectivity index (χ0n) is 16.6. The molecule has 7 heteroatoms. The summed E-state index contributed by atoms with van der Waals surface area (Å²) in [7, 11) is 1.78. The first-order valence-corrected chi connectivity index (χ1v) is 10.1. The quantitative estimate of drug-likeness (QED) is 0.833. The molecule has 1 aliphatic heterocycles. The first-order valence-electron chi connectivity index (χ1n) is 10.1. The van der Waals surface area contributed by atoms with Crippen LogP contribution in [0.15, 0.2) is 36.4 Å². The number of rotatable bonds is 5. The molecule has 2 aliphatic rings. The van der Waals surface area contributed by atoms with Crippen LogP contribution in [0.1, 0.15) is 31.4 Å². The molecule has 1 saturated carbocycles.